The maximum absolute atomic E-state index is 11.0. The zero-order valence-electron chi connectivity index (χ0n) is 9.28. The first kappa shape index (κ1) is 12.6. The van der Waals surface area contributed by atoms with Gasteiger partial charge in [0.1, 0.15) is 6.61 Å². The number of likely N-dealkylation sites (tertiary alicyclic amines) is 1. The fraction of sp³-hybridized carbons (Fsp3) is 0.900. The highest BCUT2D eigenvalue weighted by atomic mass is 35.5. The molecule has 2 saturated heterocycles. The van der Waals surface area contributed by atoms with Gasteiger partial charge in [0, 0.05) is 6.04 Å². The van der Waals surface area contributed by atoms with E-state index in [1.54, 1.807) is 0 Å². The van der Waals surface area contributed by atoms with Crippen LogP contribution in [0.4, 0.5) is 4.79 Å². The molecule has 0 saturated carbocycles. The van der Waals surface area contributed by atoms with Gasteiger partial charge in [-0.2, -0.15) is 0 Å². The highest BCUT2D eigenvalue weighted by Crippen LogP contribution is 2.24. The molecule has 5 heteroatoms. The van der Waals surface area contributed by atoms with Crippen molar-refractivity contribution in [1.82, 2.24) is 10.2 Å². The molecule has 2 heterocycles. The van der Waals surface area contributed by atoms with Crippen LogP contribution in [0.2, 0.25) is 0 Å². The van der Waals surface area contributed by atoms with E-state index in [0.29, 0.717) is 12.6 Å². The number of carbonyl (C=O) groups is 1. The standard InChI is InChI=1S/C10H18N2O2.ClH/c1-8(12-5-3-4-6-12)10(2)7-14-9(13)11-10;/h8H,3-7H2,1-2H3,(H,11,13);1H. The van der Waals surface area contributed by atoms with E-state index in [2.05, 4.69) is 24.1 Å². The molecule has 2 rings (SSSR count). The molecule has 0 aromatic carbocycles. The number of carbonyl (C=O) groups excluding carboxylic acids is 1. The molecule has 0 spiro atoms. The van der Waals surface area contributed by atoms with Gasteiger partial charge in [-0.05, 0) is 39.8 Å². The lowest BCUT2D eigenvalue weighted by atomic mass is 9.94. The number of ether oxygens (including phenoxy) is 1. The van der Waals surface area contributed by atoms with E-state index in [9.17, 15) is 4.79 Å². The van der Waals surface area contributed by atoms with E-state index in [1.165, 1.54) is 12.8 Å². The Morgan fingerprint density at radius 2 is 2.07 bits per heavy atom. The SMILES string of the molecule is CC(N1CCCC1)C1(C)COC(=O)N1.Cl. The molecule has 4 nitrogen and oxygen atoms in total. The van der Waals surface area contributed by atoms with Crippen LogP contribution in [0, 0.1) is 0 Å². The van der Waals surface area contributed by atoms with Gasteiger partial charge in [-0.3, -0.25) is 4.90 Å². The number of hydrogen-bond donors (Lipinski definition) is 1. The summed E-state index contributed by atoms with van der Waals surface area (Å²) in [5.41, 5.74) is -0.207. The van der Waals surface area contributed by atoms with Gasteiger partial charge in [-0.1, -0.05) is 0 Å². The Morgan fingerprint density at radius 3 is 2.53 bits per heavy atom. The van der Waals surface area contributed by atoms with E-state index in [-0.39, 0.29) is 24.0 Å². The molecule has 0 aromatic rings. The average Bonchev–Trinajstić information content (AvgIpc) is 2.75. The van der Waals surface area contributed by atoms with E-state index >= 15 is 0 Å². The average molecular weight is 235 g/mol. The molecule has 1 N–H and O–H groups in total. The first-order valence-electron chi connectivity index (χ1n) is 5.31. The minimum Gasteiger partial charge on any atom is -0.447 e. The first-order valence-corrected chi connectivity index (χ1v) is 5.31. The van der Waals surface area contributed by atoms with Crippen molar-refractivity contribution in [3.8, 4) is 0 Å². The summed E-state index contributed by atoms with van der Waals surface area (Å²) < 4.78 is 4.97. The predicted octanol–water partition coefficient (Wildman–Crippen LogP) is 1.39. The lowest BCUT2D eigenvalue weighted by molar-refractivity contribution is 0.133. The monoisotopic (exact) mass is 234 g/mol. The number of amides is 1. The van der Waals surface area contributed by atoms with Crippen LogP contribution in [0.3, 0.4) is 0 Å². The van der Waals surface area contributed by atoms with Crippen LogP contribution in [0.15, 0.2) is 0 Å². The summed E-state index contributed by atoms with van der Waals surface area (Å²) in [6, 6.07) is 0.358. The van der Waals surface area contributed by atoms with Gasteiger partial charge in [0.15, 0.2) is 0 Å². The van der Waals surface area contributed by atoms with Crippen LogP contribution in [-0.4, -0.2) is 42.3 Å². The summed E-state index contributed by atoms with van der Waals surface area (Å²) in [6.07, 6.45) is 2.27. The van der Waals surface area contributed by atoms with Crippen molar-refractivity contribution in [3.63, 3.8) is 0 Å². The Morgan fingerprint density at radius 1 is 1.47 bits per heavy atom. The van der Waals surface area contributed by atoms with Crippen LogP contribution in [-0.2, 0) is 4.74 Å². The first-order chi connectivity index (χ1) is 6.62. The molecular formula is C10H19ClN2O2. The number of nitrogens with zero attached hydrogens (tertiary/aromatic N) is 1. The number of halogens is 1. The van der Waals surface area contributed by atoms with Gasteiger partial charge in [0.25, 0.3) is 0 Å². The summed E-state index contributed by atoms with van der Waals surface area (Å²) >= 11 is 0. The molecule has 0 aliphatic carbocycles. The second-order valence-corrected chi connectivity index (χ2v) is 4.54. The normalized spacial score (nSPS) is 33.1. The number of hydrogen-bond acceptors (Lipinski definition) is 3. The Bertz CT molecular complexity index is 244. The molecule has 2 unspecified atom stereocenters. The highest BCUT2D eigenvalue weighted by molar-refractivity contribution is 5.85. The quantitative estimate of drug-likeness (QED) is 0.785. The second kappa shape index (κ2) is 4.58. The Hall–Kier alpha value is -0.480. The largest absolute Gasteiger partial charge is 0.447 e. The topological polar surface area (TPSA) is 41.6 Å². The molecule has 88 valence electrons. The number of nitrogens with one attached hydrogen (secondary N) is 1. The van der Waals surface area contributed by atoms with E-state index in [0.717, 1.165) is 13.1 Å². The maximum atomic E-state index is 11.0. The maximum Gasteiger partial charge on any atom is 0.407 e. The molecule has 2 aliphatic heterocycles. The molecule has 0 radical (unpaired) electrons. The Labute approximate surface area is 96.7 Å². The van der Waals surface area contributed by atoms with Gasteiger partial charge in [-0.15, -0.1) is 12.4 Å². The molecule has 2 aliphatic rings. The van der Waals surface area contributed by atoms with Crippen LogP contribution < -0.4 is 5.32 Å². The number of rotatable bonds is 2. The van der Waals surface area contributed by atoms with Crippen molar-refractivity contribution in [2.75, 3.05) is 19.7 Å². The van der Waals surface area contributed by atoms with Crippen molar-refractivity contribution in [3.05, 3.63) is 0 Å². The molecule has 0 aromatic heterocycles. The van der Waals surface area contributed by atoms with Crippen LogP contribution in [0.1, 0.15) is 26.7 Å². The summed E-state index contributed by atoms with van der Waals surface area (Å²) in [4.78, 5) is 13.5. The van der Waals surface area contributed by atoms with Crippen LogP contribution in [0.5, 0.6) is 0 Å². The second-order valence-electron chi connectivity index (χ2n) is 4.54. The lowest BCUT2D eigenvalue weighted by Crippen LogP contribution is -2.56. The highest BCUT2D eigenvalue weighted by Gasteiger charge is 2.42. The van der Waals surface area contributed by atoms with Crippen molar-refractivity contribution in [2.24, 2.45) is 0 Å². The third-order valence-corrected chi connectivity index (χ3v) is 3.50. The molecule has 2 atom stereocenters. The van der Waals surface area contributed by atoms with Crippen LogP contribution >= 0.6 is 12.4 Å². The fourth-order valence-electron chi connectivity index (χ4n) is 2.28. The molecule has 15 heavy (non-hydrogen) atoms. The van der Waals surface area contributed by atoms with Gasteiger partial charge in [0.2, 0.25) is 0 Å². The molecular weight excluding hydrogens is 216 g/mol. The van der Waals surface area contributed by atoms with E-state index < -0.39 is 0 Å². The summed E-state index contributed by atoms with van der Waals surface area (Å²) in [6.45, 7) is 7.00. The zero-order chi connectivity index (χ0) is 10.2. The van der Waals surface area contributed by atoms with Gasteiger partial charge in [0.05, 0.1) is 5.54 Å². The van der Waals surface area contributed by atoms with E-state index in [1.807, 2.05) is 0 Å². The Balaban J connectivity index is 0.00000112. The Kier molecular flexibility index (Phi) is 3.84. The van der Waals surface area contributed by atoms with Crippen LogP contribution in [0.25, 0.3) is 0 Å². The minimum absolute atomic E-state index is 0. The van der Waals surface area contributed by atoms with Crippen molar-refractivity contribution in [1.29, 1.82) is 0 Å². The van der Waals surface area contributed by atoms with Crippen molar-refractivity contribution in [2.45, 2.75) is 38.3 Å². The third-order valence-electron chi connectivity index (χ3n) is 3.50. The van der Waals surface area contributed by atoms with E-state index in [4.69, 9.17) is 4.74 Å². The number of cyclic esters (lactones) is 1. The van der Waals surface area contributed by atoms with Gasteiger partial charge < -0.3 is 10.1 Å². The fourth-order valence-corrected chi connectivity index (χ4v) is 2.28. The summed E-state index contributed by atoms with van der Waals surface area (Å²) in [5.74, 6) is 0. The number of alkyl carbamates (subject to hydrolysis) is 1. The van der Waals surface area contributed by atoms with Gasteiger partial charge in [-0.25, -0.2) is 4.79 Å². The zero-order valence-corrected chi connectivity index (χ0v) is 10.1. The molecule has 1 amide bonds. The van der Waals surface area contributed by atoms with Gasteiger partial charge >= 0.3 is 6.09 Å². The third kappa shape index (κ3) is 2.37. The van der Waals surface area contributed by atoms with Crippen molar-refractivity contribution < 1.29 is 9.53 Å². The van der Waals surface area contributed by atoms with Crippen molar-refractivity contribution >= 4 is 18.5 Å². The summed E-state index contributed by atoms with van der Waals surface area (Å²) in [7, 11) is 0. The molecule has 0 bridgehead atoms. The predicted molar refractivity (Wildman–Crippen MR) is 60.4 cm³/mol. The lowest BCUT2D eigenvalue weighted by Gasteiger charge is -2.35. The smallest absolute Gasteiger partial charge is 0.407 e. The summed E-state index contributed by atoms with van der Waals surface area (Å²) in [5, 5.41) is 2.90. The minimum atomic E-state index is -0.279. The molecule has 2 fully saturated rings.